The molecule has 0 saturated carbocycles. The summed E-state index contributed by atoms with van der Waals surface area (Å²) < 4.78 is 13.7. The summed E-state index contributed by atoms with van der Waals surface area (Å²) in [4.78, 5) is 15.2. The van der Waals surface area contributed by atoms with Crippen molar-refractivity contribution < 1.29 is 9.18 Å². The van der Waals surface area contributed by atoms with Gasteiger partial charge in [-0.25, -0.2) is 4.39 Å². The fourth-order valence-electron chi connectivity index (χ4n) is 2.58. The van der Waals surface area contributed by atoms with Crippen LogP contribution < -0.4 is 5.73 Å². The molecule has 25 heavy (non-hydrogen) atoms. The number of carbonyl (C=O) groups excluding carboxylic acids is 1. The van der Waals surface area contributed by atoms with Crippen LogP contribution in [0.3, 0.4) is 0 Å². The molecule has 1 atom stereocenters. The maximum Gasteiger partial charge on any atom is 0.224 e. The molecule has 0 saturated heterocycles. The van der Waals surface area contributed by atoms with E-state index in [1.807, 2.05) is 30.5 Å². The Labute approximate surface area is 159 Å². The highest BCUT2D eigenvalue weighted by Gasteiger charge is 2.16. The molecule has 0 spiro atoms. The molecule has 0 radical (unpaired) electrons. The van der Waals surface area contributed by atoms with E-state index in [-0.39, 0.29) is 30.6 Å². The third-order valence-corrected chi connectivity index (χ3v) is 4.74. The number of rotatable bonds is 7. The monoisotopic (exact) mass is 382 g/mol. The molecule has 2 aromatic rings. The number of amides is 1. The Kier molecular flexibility index (Phi) is 8.97. The van der Waals surface area contributed by atoms with E-state index in [2.05, 4.69) is 0 Å². The van der Waals surface area contributed by atoms with Crippen molar-refractivity contribution >= 4 is 30.1 Å². The smallest absolute Gasteiger partial charge is 0.224 e. The van der Waals surface area contributed by atoms with Crippen molar-refractivity contribution in [3.63, 3.8) is 0 Å². The maximum atomic E-state index is 13.7. The predicted octanol–water partition coefficient (Wildman–Crippen LogP) is 3.89. The van der Waals surface area contributed by atoms with Crippen molar-refractivity contribution in [3.05, 3.63) is 65.5 Å². The molecule has 0 aliphatic rings. The molecule has 0 bridgehead atoms. The normalized spacial score (nSPS) is 11.5. The van der Waals surface area contributed by atoms with E-state index in [0.717, 1.165) is 10.5 Å². The molecule has 136 valence electrons. The van der Waals surface area contributed by atoms with Gasteiger partial charge in [-0.1, -0.05) is 36.4 Å². The SMILES string of the molecule is CSc1ccccc1CN(C)C(=O)CC(N)Cc1ccccc1F.Cl. The minimum Gasteiger partial charge on any atom is -0.341 e. The van der Waals surface area contributed by atoms with E-state index in [1.54, 1.807) is 41.9 Å². The van der Waals surface area contributed by atoms with Crippen LogP contribution in [-0.2, 0) is 17.8 Å². The molecule has 0 heterocycles. The topological polar surface area (TPSA) is 46.3 Å². The first-order valence-electron chi connectivity index (χ1n) is 7.86. The zero-order valence-corrected chi connectivity index (χ0v) is 16.1. The minimum absolute atomic E-state index is 0. The molecule has 2 aromatic carbocycles. The Morgan fingerprint density at radius 1 is 1.16 bits per heavy atom. The van der Waals surface area contributed by atoms with Gasteiger partial charge in [-0.05, 0) is 35.9 Å². The van der Waals surface area contributed by atoms with Gasteiger partial charge in [0.15, 0.2) is 0 Å². The third-order valence-electron chi connectivity index (χ3n) is 3.90. The van der Waals surface area contributed by atoms with Gasteiger partial charge >= 0.3 is 0 Å². The van der Waals surface area contributed by atoms with Gasteiger partial charge < -0.3 is 10.6 Å². The fourth-order valence-corrected chi connectivity index (χ4v) is 3.19. The summed E-state index contributed by atoms with van der Waals surface area (Å²) in [6.45, 7) is 0.544. The molecule has 0 aliphatic heterocycles. The van der Waals surface area contributed by atoms with Crippen LogP contribution in [0.2, 0.25) is 0 Å². The Hall–Kier alpha value is -1.56. The van der Waals surface area contributed by atoms with Crippen LogP contribution in [0.15, 0.2) is 53.4 Å². The predicted molar refractivity (Wildman–Crippen MR) is 105 cm³/mol. The Bertz CT molecular complexity index is 699. The molecule has 0 aromatic heterocycles. The molecule has 1 unspecified atom stereocenters. The standard InChI is InChI=1S/C19H23FN2OS.ClH/c1-22(13-15-8-4-6-10-18(15)24-2)19(23)12-16(21)11-14-7-3-5-9-17(14)20;/h3-10,16H,11-13,21H2,1-2H3;1H. The van der Waals surface area contributed by atoms with Gasteiger partial charge in [0.05, 0.1) is 0 Å². The van der Waals surface area contributed by atoms with E-state index in [0.29, 0.717) is 18.5 Å². The Balaban J connectivity index is 0.00000312. The van der Waals surface area contributed by atoms with E-state index >= 15 is 0 Å². The average molecular weight is 383 g/mol. The second-order valence-electron chi connectivity index (χ2n) is 5.82. The second kappa shape index (κ2) is 10.4. The van der Waals surface area contributed by atoms with E-state index < -0.39 is 6.04 Å². The molecular weight excluding hydrogens is 359 g/mol. The van der Waals surface area contributed by atoms with Gasteiger partial charge in [0, 0.05) is 31.0 Å². The number of hydrogen-bond donors (Lipinski definition) is 1. The van der Waals surface area contributed by atoms with Crippen LogP contribution in [0, 0.1) is 5.82 Å². The molecule has 6 heteroatoms. The third kappa shape index (κ3) is 6.34. The highest BCUT2D eigenvalue weighted by molar-refractivity contribution is 7.98. The quantitative estimate of drug-likeness (QED) is 0.739. The molecular formula is C19H24ClFN2OS. The van der Waals surface area contributed by atoms with Gasteiger partial charge in [-0.3, -0.25) is 4.79 Å². The van der Waals surface area contributed by atoms with Gasteiger partial charge in [0.2, 0.25) is 5.91 Å². The summed E-state index contributed by atoms with van der Waals surface area (Å²) in [5.74, 6) is -0.308. The molecule has 1 amide bonds. The molecule has 2 rings (SSSR count). The summed E-state index contributed by atoms with van der Waals surface area (Å²) >= 11 is 1.66. The minimum atomic E-state index is -0.396. The van der Waals surface area contributed by atoms with Crippen LogP contribution in [0.4, 0.5) is 4.39 Å². The van der Waals surface area contributed by atoms with Crippen molar-refractivity contribution in [1.29, 1.82) is 0 Å². The second-order valence-corrected chi connectivity index (χ2v) is 6.67. The summed E-state index contributed by atoms with van der Waals surface area (Å²) in [6, 6.07) is 14.2. The van der Waals surface area contributed by atoms with Crippen LogP contribution in [0.25, 0.3) is 0 Å². The number of benzene rings is 2. The molecule has 3 nitrogen and oxygen atoms in total. The summed E-state index contributed by atoms with van der Waals surface area (Å²) in [6.07, 6.45) is 2.57. The van der Waals surface area contributed by atoms with Gasteiger partial charge in [-0.2, -0.15) is 0 Å². The van der Waals surface area contributed by atoms with Crippen molar-refractivity contribution in [2.45, 2.75) is 30.3 Å². The first kappa shape index (κ1) is 21.5. The number of hydrogen-bond acceptors (Lipinski definition) is 3. The zero-order chi connectivity index (χ0) is 17.5. The Morgan fingerprint density at radius 3 is 2.40 bits per heavy atom. The summed E-state index contributed by atoms with van der Waals surface area (Å²) in [5, 5.41) is 0. The van der Waals surface area contributed by atoms with Crippen LogP contribution in [0.1, 0.15) is 17.5 Å². The summed E-state index contributed by atoms with van der Waals surface area (Å²) in [5.41, 5.74) is 7.71. The number of thioether (sulfide) groups is 1. The van der Waals surface area contributed by atoms with Gasteiger partial charge in [-0.15, -0.1) is 24.2 Å². The Morgan fingerprint density at radius 2 is 1.76 bits per heavy atom. The van der Waals surface area contributed by atoms with E-state index in [1.165, 1.54) is 6.07 Å². The largest absolute Gasteiger partial charge is 0.341 e. The van der Waals surface area contributed by atoms with Gasteiger partial charge in [0.1, 0.15) is 5.82 Å². The van der Waals surface area contributed by atoms with Crippen molar-refractivity contribution in [2.24, 2.45) is 5.73 Å². The lowest BCUT2D eigenvalue weighted by molar-refractivity contribution is -0.130. The maximum absolute atomic E-state index is 13.7. The zero-order valence-electron chi connectivity index (χ0n) is 14.4. The van der Waals surface area contributed by atoms with Crippen molar-refractivity contribution in [2.75, 3.05) is 13.3 Å². The number of nitrogens with two attached hydrogens (primary N) is 1. The van der Waals surface area contributed by atoms with E-state index in [4.69, 9.17) is 5.73 Å². The molecule has 0 aliphatic carbocycles. The van der Waals surface area contributed by atoms with E-state index in [9.17, 15) is 9.18 Å². The lowest BCUT2D eigenvalue weighted by Gasteiger charge is -2.21. The first-order chi connectivity index (χ1) is 11.5. The van der Waals surface area contributed by atoms with Crippen molar-refractivity contribution in [1.82, 2.24) is 4.90 Å². The number of halogens is 2. The molecule has 2 N–H and O–H groups in total. The highest BCUT2D eigenvalue weighted by Crippen LogP contribution is 2.21. The fraction of sp³-hybridized carbons (Fsp3) is 0.316. The average Bonchev–Trinajstić information content (AvgIpc) is 2.57. The van der Waals surface area contributed by atoms with Crippen LogP contribution >= 0.6 is 24.2 Å². The van der Waals surface area contributed by atoms with Crippen LogP contribution in [-0.4, -0.2) is 30.2 Å². The lowest BCUT2D eigenvalue weighted by atomic mass is 10.0. The highest BCUT2D eigenvalue weighted by atomic mass is 35.5. The first-order valence-corrected chi connectivity index (χ1v) is 9.08. The van der Waals surface area contributed by atoms with Crippen LogP contribution in [0.5, 0.6) is 0 Å². The lowest BCUT2D eigenvalue weighted by Crippen LogP contribution is -2.34. The number of carbonyl (C=O) groups is 1. The summed E-state index contributed by atoms with van der Waals surface area (Å²) in [7, 11) is 1.77. The molecule has 0 fully saturated rings. The van der Waals surface area contributed by atoms with Crippen molar-refractivity contribution in [3.8, 4) is 0 Å². The number of nitrogens with zero attached hydrogens (tertiary/aromatic N) is 1. The van der Waals surface area contributed by atoms with Gasteiger partial charge in [0.25, 0.3) is 0 Å².